The molecule has 0 saturated carbocycles. The van der Waals surface area contributed by atoms with Crippen molar-refractivity contribution in [1.82, 2.24) is 10.3 Å². The van der Waals surface area contributed by atoms with Crippen LogP contribution in [0.5, 0.6) is 0 Å². The summed E-state index contributed by atoms with van der Waals surface area (Å²) in [7, 11) is 1.43. The summed E-state index contributed by atoms with van der Waals surface area (Å²) >= 11 is 0. The quantitative estimate of drug-likeness (QED) is 0.832. The number of rotatable bonds is 2. The highest BCUT2D eigenvalue weighted by atomic mass is 16.5. The number of fused-ring (bicyclic) bond motifs is 3. The fraction of sp³-hybridized carbons (Fsp3) is 0.294. The van der Waals surface area contributed by atoms with Crippen molar-refractivity contribution in [3.8, 4) is 0 Å². The monoisotopic (exact) mass is 295 g/mol. The average molecular weight is 295 g/mol. The van der Waals surface area contributed by atoms with Crippen LogP contribution in [0.15, 0.2) is 47.6 Å². The maximum Gasteiger partial charge on any atom is 0.322 e. The number of carbonyl (C=O) groups excluding carboxylic acids is 1. The first-order valence-electron chi connectivity index (χ1n) is 7.38. The molecule has 2 aromatic rings. The van der Waals surface area contributed by atoms with E-state index in [1.807, 2.05) is 30.5 Å². The van der Waals surface area contributed by atoms with Gasteiger partial charge < -0.3 is 9.72 Å². The van der Waals surface area contributed by atoms with Crippen LogP contribution in [0.1, 0.15) is 17.7 Å². The number of ether oxygens (including phenoxy) is 1. The number of piperidine rings is 1. The highest BCUT2D eigenvalue weighted by Gasteiger charge is 2.50. The van der Waals surface area contributed by atoms with Crippen LogP contribution in [0.25, 0.3) is 0 Å². The number of esters is 1. The minimum absolute atomic E-state index is 0.227. The molecule has 3 heterocycles. The molecular formula is C17H17N3O2. The van der Waals surface area contributed by atoms with Crippen molar-refractivity contribution in [3.05, 3.63) is 53.9 Å². The third-order valence-electron chi connectivity index (χ3n) is 4.68. The minimum Gasteiger partial charge on any atom is -0.468 e. The number of aromatic nitrogens is 1. The fourth-order valence-corrected chi connectivity index (χ4v) is 3.66. The molecule has 5 nitrogen and oxygen atoms in total. The Morgan fingerprint density at radius 3 is 2.95 bits per heavy atom. The van der Waals surface area contributed by atoms with Gasteiger partial charge in [0.2, 0.25) is 0 Å². The maximum atomic E-state index is 12.0. The van der Waals surface area contributed by atoms with E-state index in [0.29, 0.717) is 13.0 Å². The molecule has 4 rings (SSSR count). The number of H-pyrrole nitrogens is 1. The summed E-state index contributed by atoms with van der Waals surface area (Å²) in [5.74, 6) is -0.227. The maximum absolute atomic E-state index is 12.0. The van der Waals surface area contributed by atoms with Gasteiger partial charge in [-0.3, -0.25) is 15.1 Å². The lowest BCUT2D eigenvalue weighted by Crippen LogP contribution is -2.55. The van der Waals surface area contributed by atoms with E-state index in [-0.39, 0.29) is 17.4 Å². The van der Waals surface area contributed by atoms with E-state index in [2.05, 4.69) is 22.4 Å². The molecule has 0 bridgehead atoms. The first-order chi connectivity index (χ1) is 10.8. The second kappa shape index (κ2) is 4.81. The summed E-state index contributed by atoms with van der Waals surface area (Å²) in [4.78, 5) is 20.2. The Bertz CT molecular complexity index is 751. The van der Waals surface area contributed by atoms with Gasteiger partial charge in [-0.2, -0.15) is 0 Å². The van der Waals surface area contributed by atoms with Crippen LogP contribution in [0.2, 0.25) is 0 Å². The average Bonchev–Trinajstić information content (AvgIpc) is 3.19. The van der Waals surface area contributed by atoms with E-state index in [1.165, 1.54) is 7.11 Å². The van der Waals surface area contributed by atoms with Gasteiger partial charge in [0.25, 0.3) is 0 Å². The zero-order chi connectivity index (χ0) is 15.2. The number of nitrogens with zero attached hydrogens (tertiary/aromatic N) is 1. The van der Waals surface area contributed by atoms with Gasteiger partial charge in [0.05, 0.1) is 18.2 Å². The predicted molar refractivity (Wildman–Crippen MR) is 83.5 cm³/mol. The van der Waals surface area contributed by atoms with Crippen LogP contribution in [0.4, 0.5) is 5.69 Å². The molecule has 0 amide bonds. The van der Waals surface area contributed by atoms with Crippen LogP contribution < -0.4 is 5.32 Å². The lowest BCUT2D eigenvalue weighted by Gasteiger charge is -2.38. The van der Waals surface area contributed by atoms with Gasteiger partial charge in [-0.1, -0.05) is 18.2 Å². The van der Waals surface area contributed by atoms with Crippen molar-refractivity contribution in [1.29, 1.82) is 0 Å². The summed E-state index contributed by atoms with van der Waals surface area (Å²) in [6.07, 6.45) is 2.52. The zero-order valence-corrected chi connectivity index (χ0v) is 12.3. The largest absolute Gasteiger partial charge is 0.468 e. The predicted octanol–water partition coefficient (Wildman–Crippen LogP) is 1.92. The van der Waals surface area contributed by atoms with E-state index in [1.54, 1.807) is 0 Å². The molecule has 2 aliphatic heterocycles. The van der Waals surface area contributed by atoms with Gasteiger partial charge in [0, 0.05) is 24.1 Å². The molecule has 0 unspecified atom stereocenters. The smallest absolute Gasteiger partial charge is 0.322 e. The number of carbonyl (C=O) groups is 1. The van der Waals surface area contributed by atoms with Gasteiger partial charge in [-0.15, -0.1) is 0 Å². The van der Waals surface area contributed by atoms with Crippen molar-refractivity contribution >= 4 is 17.4 Å². The van der Waals surface area contributed by atoms with Gasteiger partial charge >= 0.3 is 5.97 Å². The number of nitrogens with one attached hydrogen (secondary N) is 2. The van der Waals surface area contributed by atoms with Crippen molar-refractivity contribution in [2.24, 2.45) is 4.99 Å². The molecule has 22 heavy (non-hydrogen) atoms. The zero-order valence-electron chi connectivity index (χ0n) is 12.3. The topological polar surface area (TPSA) is 66.5 Å². The molecule has 2 atom stereocenters. The molecule has 0 spiro atoms. The summed E-state index contributed by atoms with van der Waals surface area (Å²) in [6.45, 7) is 0.577. The second-order valence-corrected chi connectivity index (χ2v) is 5.73. The van der Waals surface area contributed by atoms with Gasteiger partial charge in [0.1, 0.15) is 6.04 Å². The molecule has 0 radical (unpaired) electrons. The Morgan fingerprint density at radius 2 is 2.18 bits per heavy atom. The van der Waals surface area contributed by atoms with E-state index in [4.69, 9.17) is 9.73 Å². The number of aliphatic imine (C=N–C) groups is 1. The molecule has 2 aliphatic rings. The number of methoxy groups -OCH3 is 1. The first kappa shape index (κ1) is 13.3. The summed E-state index contributed by atoms with van der Waals surface area (Å²) in [6, 6.07) is 11.9. The van der Waals surface area contributed by atoms with Crippen LogP contribution >= 0.6 is 0 Å². The molecule has 1 aromatic heterocycles. The summed E-state index contributed by atoms with van der Waals surface area (Å²) in [5, 5.41) is 3.24. The summed E-state index contributed by atoms with van der Waals surface area (Å²) in [5.41, 5.74) is 3.90. The lowest BCUT2D eigenvalue weighted by molar-refractivity contribution is -0.143. The first-order valence-corrected chi connectivity index (χ1v) is 7.38. The highest BCUT2D eigenvalue weighted by Crippen LogP contribution is 2.48. The van der Waals surface area contributed by atoms with E-state index < -0.39 is 0 Å². The van der Waals surface area contributed by atoms with Crippen molar-refractivity contribution < 1.29 is 9.53 Å². The van der Waals surface area contributed by atoms with Crippen molar-refractivity contribution in [2.75, 3.05) is 13.7 Å². The Kier molecular flexibility index (Phi) is 2.90. The van der Waals surface area contributed by atoms with Crippen molar-refractivity contribution in [3.63, 3.8) is 0 Å². The molecule has 2 N–H and O–H groups in total. The lowest BCUT2D eigenvalue weighted by atomic mass is 9.68. The van der Waals surface area contributed by atoms with Crippen LogP contribution in [0, 0.1) is 0 Å². The number of hydrogen-bond acceptors (Lipinski definition) is 4. The number of hydrogen-bond donors (Lipinski definition) is 2. The molecule has 5 heteroatoms. The fourth-order valence-electron chi connectivity index (χ4n) is 3.66. The van der Waals surface area contributed by atoms with Crippen molar-refractivity contribution in [2.45, 2.75) is 17.9 Å². The van der Waals surface area contributed by atoms with Gasteiger partial charge in [-0.25, -0.2) is 0 Å². The molecule has 1 fully saturated rings. The Hall–Kier alpha value is -2.40. The van der Waals surface area contributed by atoms with Crippen LogP contribution in [-0.4, -0.2) is 36.4 Å². The molecular weight excluding hydrogens is 278 g/mol. The van der Waals surface area contributed by atoms with Crippen LogP contribution in [-0.2, 0) is 14.9 Å². The normalized spacial score (nSPS) is 26.0. The third kappa shape index (κ3) is 1.69. The van der Waals surface area contributed by atoms with Crippen LogP contribution in [0.3, 0.4) is 0 Å². The molecule has 1 saturated heterocycles. The molecule has 112 valence electrons. The van der Waals surface area contributed by atoms with E-state index in [9.17, 15) is 4.79 Å². The van der Waals surface area contributed by atoms with Gasteiger partial charge in [0.15, 0.2) is 0 Å². The standard InChI is InChI=1S/C17H17N3O2/c1-22-16(21)13-9-17(14-7-4-8-18-14)11-5-2-3-6-12(11)20-15(17)10-19-13/h2-8,13,18-19H,9-10H2,1H3/t13-,17+/m0/s1. The highest BCUT2D eigenvalue weighted by molar-refractivity contribution is 6.07. The van der Waals surface area contributed by atoms with E-state index in [0.717, 1.165) is 22.7 Å². The minimum atomic E-state index is -0.371. The molecule has 1 aromatic carbocycles. The Morgan fingerprint density at radius 1 is 1.32 bits per heavy atom. The third-order valence-corrected chi connectivity index (χ3v) is 4.68. The number of aromatic amines is 1. The van der Waals surface area contributed by atoms with E-state index >= 15 is 0 Å². The van der Waals surface area contributed by atoms with Gasteiger partial charge in [-0.05, 0) is 30.2 Å². The molecule has 0 aliphatic carbocycles. The number of para-hydroxylation sites is 1. The Labute approximate surface area is 128 Å². The Balaban J connectivity index is 1.89. The summed E-state index contributed by atoms with van der Waals surface area (Å²) < 4.78 is 4.94. The SMILES string of the molecule is COC(=O)[C@@H]1C[C@@]2(c3ccc[nH]3)C(=Nc3ccccc32)CN1. The number of benzene rings is 1. The second-order valence-electron chi connectivity index (χ2n) is 5.73.